The Morgan fingerprint density at radius 2 is 1.63 bits per heavy atom. The molecule has 0 aliphatic rings. The van der Waals surface area contributed by atoms with Crippen molar-refractivity contribution >= 4 is 54.0 Å². The SMILES string of the molecule is CC(C)(N)C(=O)N[C@H](Cc1ccc2ccccc2c1)C(=O)N[C@@H](Cc1csc2ccccc12)NS(C)(=O)=O. The number of sulfonamides is 1. The van der Waals surface area contributed by atoms with Crippen LogP contribution in [-0.2, 0) is 32.5 Å². The normalized spacial score (nSPS) is 13.8. The van der Waals surface area contributed by atoms with Crippen LogP contribution in [0.25, 0.3) is 20.9 Å². The van der Waals surface area contributed by atoms with Crippen LogP contribution in [0.5, 0.6) is 0 Å². The summed E-state index contributed by atoms with van der Waals surface area (Å²) in [5.41, 5.74) is 6.53. The first-order chi connectivity index (χ1) is 17.9. The highest BCUT2D eigenvalue weighted by Gasteiger charge is 2.30. The molecule has 0 saturated carbocycles. The van der Waals surface area contributed by atoms with Gasteiger partial charge in [0, 0.05) is 17.5 Å². The topological polar surface area (TPSA) is 130 Å². The Balaban J connectivity index is 1.60. The van der Waals surface area contributed by atoms with Crippen LogP contribution in [-0.4, -0.2) is 44.2 Å². The Bertz CT molecular complexity index is 1570. The average Bonchev–Trinajstić information content (AvgIpc) is 3.24. The fourth-order valence-electron chi connectivity index (χ4n) is 4.22. The lowest BCUT2D eigenvalue weighted by Crippen LogP contribution is -2.59. The molecular formula is C28H32N4O4S2. The van der Waals surface area contributed by atoms with Gasteiger partial charge in [-0.15, -0.1) is 11.3 Å². The summed E-state index contributed by atoms with van der Waals surface area (Å²) >= 11 is 1.55. The molecule has 0 saturated heterocycles. The van der Waals surface area contributed by atoms with Gasteiger partial charge in [0.05, 0.1) is 18.0 Å². The van der Waals surface area contributed by atoms with Gasteiger partial charge < -0.3 is 16.4 Å². The van der Waals surface area contributed by atoms with E-state index in [1.54, 1.807) is 25.2 Å². The van der Waals surface area contributed by atoms with E-state index in [1.165, 1.54) is 0 Å². The van der Waals surface area contributed by atoms with E-state index in [-0.39, 0.29) is 12.8 Å². The molecule has 2 atom stereocenters. The highest BCUT2D eigenvalue weighted by atomic mass is 32.2. The van der Waals surface area contributed by atoms with Crippen molar-refractivity contribution in [2.24, 2.45) is 5.73 Å². The Hall–Kier alpha value is -3.31. The molecule has 4 rings (SSSR count). The van der Waals surface area contributed by atoms with Crippen LogP contribution >= 0.6 is 11.3 Å². The van der Waals surface area contributed by atoms with Gasteiger partial charge in [0.15, 0.2) is 0 Å². The molecule has 8 nitrogen and oxygen atoms in total. The predicted octanol–water partition coefficient (Wildman–Crippen LogP) is 3.05. The standard InChI is InChI=1S/C28H32N4O4S2/c1-28(2,29)27(34)30-23(15-18-12-13-19-8-4-5-9-20(19)14-18)26(33)31-25(32-38(3,35)36)16-21-17-37-24-11-7-6-10-22(21)24/h4-14,17,23,25,32H,15-16,29H2,1-3H3,(H,30,34)(H,31,33)/t23-,25-/m1/s1. The maximum atomic E-state index is 13.6. The fraction of sp³-hybridized carbons (Fsp3) is 0.286. The fourth-order valence-corrected chi connectivity index (χ4v) is 5.85. The molecule has 1 aromatic heterocycles. The third-order valence-corrected chi connectivity index (χ3v) is 7.84. The number of carbonyl (C=O) groups is 2. The van der Waals surface area contributed by atoms with Gasteiger partial charge in [-0.05, 0) is 52.6 Å². The number of thiophene rings is 1. The smallest absolute Gasteiger partial charge is 0.244 e. The monoisotopic (exact) mass is 552 g/mol. The molecule has 2 amide bonds. The van der Waals surface area contributed by atoms with Gasteiger partial charge in [-0.1, -0.05) is 60.7 Å². The minimum Gasteiger partial charge on any atom is -0.342 e. The molecule has 4 aromatic rings. The number of benzene rings is 3. The van der Waals surface area contributed by atoms with Crippen LogP contribution < -0.4 is 21.1 Å². The van der Waals surface area contributed by atoms with Crippen LogP contribution in [0.2, 0.25) is 0 Å². The summed E-state index contributed by atoms with van der Waals surface area (Å²) in [6, 6.07) is 20.5. The van der Waals surface area contributed by atoms with E-state index in [4.69, 9.17) is 5.73 Å². The number of rotatable bonds is 10. The zero-order chi connectivity index (χ0) is 27.5. The predicted molar refractivity (Wildman–Crippen MR) is 153 cm³/mol. The number of hydrogen-bond donors (Lipinski definition) is 4. The van der Waals surface area contributed by atoms with Crippen molar-refractivity contribution in [3.8, 4) is 0 Å². The van der Waals surface area contributed by atoms with E-state index in [0.29, 0.717) is 0 Å². The molecule has 0 bridgehead atoms. The van der Waals surface area contributed by atoms with Crippen LogP contribution in [0.3, 0.4) is 0 Å². The summed E-state index contributed by atoms with van der Waals surface area (Å²) in [5.74, 6) is -1.01. The molecule has 0 aliphatic carbocycles. The van der Waals surface area contributed by atoms with Crippen LogP contribution in [0, 0.1) is 0 Å². The van der Waals surface area contributed by atoms with Crippen LogP contribution in [0.1, 0.15) is 25.0 Å². The van der Waals surface area contributed by atoms with Crippen molar-refractivity contribution in [2.75, 3.05) is 6.26 Å². The first kappa shape index (κ1) is 27.7. The van der Waals surface area contributed by atoms with E-state index >= 15 is 0 Å². The number of nitrogens with two attached hydrogens (primary N) is 1. The van der Waals surface area contributed by atoms with Crippen molar-refractivity contribution in [3.63, 3.8) is 0 Å². The largest absolute Gasteiger partial charge is 0.342 e. The average molecular weight is 553 g/mol. The van der Waals surface area contributed by atoms with Gasteiger partial charge >= 0.3 is 0 Å². The second-order valence-electron chi connectivity index (χ2n) is 10.0. The van der Waals surface area contributed by atoms with Crippen molar-refractivity contribution in [1.82, 2.24) is 15.4 Å². The van der Waals surface area contributed by atoms with Crippen molar-refractivity contribution in [3.05, 3.63) is 83.2 Å². The number of fused-ring (bicyclic) bond motifs is 2. The Labute approximate surface area is 226 Å². The number of carbonyl (C=O) groups excluding carboxylic acids is 2. The second-order valence-corrected chi connectivity index (χ2v) is 12.7. The molecule has 0 radical (unpaired) electrons. The van der Waals surface area contributed by atoms with E-state index in [9.17, 15) is 18.0 Å². The summed E-state index contributed by atoms with van der Waals surface area (Å²) in [6.45, 7) is 3.12. The highest BCUT2D eigenvalue weighted by molar-refractivity contribution is 7.88. The first-order valence-corrected chi connectivity index (χ1v) is 15.0. The minimum absolute atomic E-state index is 0.200. The lowest BCUT2D eigenvalue weighted by Gasteiger charge is -2.26. The van der Waals surface area contributed by atoms with E-state index in [1.807, 2.05) is 72.1 Å². The van der Waals surface area contributed by atoms with Crippen molar-refractivity contribution in [1.29, 1.82) is 0 Å². The van der Waals surface area contributed by atoms with Gasteiger partial charge in [-0.3, -0.25) is 9.59 Å². The third kappa shape index (κ3) is 7.16. The maximum absolute atomic E-state index is 13.6. The lowest BCUT2D eigenvalue weighted by atomic mass is 9.99. The molecule has 1 heterocycles. The van der Waals surface area contributed by atoms with Crippen LogP contribution in [0.15, 0.2) is 72.1 Å². The lowest BCUT2D eigenvalue weighted by molar-refractivity contribution is -0.131. The summed E-state index contributed by atoms with van der Waals surface area (Å²) in [5, 5.41) is 10.6. The third-order valence-electron chi connectivity index (χ3n) is 6.12. The number of amides is 2. The van der Waals surface area contributed by atoms with E-state index in [2.05, 4.69) is 15.4 Å². The number of hydrogen-bond acceptors (Lipinski definition) is 6. The summed E-state index contributed by atoms with van der Waals surface area (Å²) < 4.78 is 27.9. The van der Waals surface area contributed by atoms with Crippen LogP contribution in [0.4, 0.5) is 0 Å². The zero-order valence-corrected chi connectivity index (χ0v) is 23.2. The van der Waals surface area contributed by atoms with Crippen molar-refractivity contribution < 1.29 is 18.0 Å². The first-order valence-electron chi connectivity index (χ1n) is 12.2. The molecule has 0 unspecified atom stereocenters. The van der Waals surface area contributed by atoms with Gasteiger partial charge in [0.25, 0.3) is 0 Å². The van der Waals surface area contributed by atoms with E-state index < -0.39 is 39.6 Å². The Kier molecular flexibility index (Phi) is 8.17. The minimum atomic E-state index is -3.65. The quantitative estimate of drug-likeness (QED) is 0.225. The molecule has 200 valence electrons. The molecule has 0 aliphatic heterocycles. The summed E-state index contributed by atoms with van der Waals surface area (Å²) in [4.78, 5) is 26.3. The highest BCUT2D eigenvalue weighted by Crippen LogP contribution is 2.26. The molecule has 5 N–H and O–H groups in total. The van der Waals surface area contributed by atoms with Gasteiger partial charge in [-0.2, -0.15) is 4.72 Å². The maximum Gasteiger partial charge on any atom is 0.244 e. The van der Waals surface area contributed by atoms with Gasteiger partial charge in [0.1, 0.15) is 6.04 Å². The van der Waals surface area contributed by atoms with E-state index in [0.717, 1.165) is 38.2 Å². The Morgan fingerprint density at radius 1 is 0.947 bits per heavy atom. The summed E-state index contributed by atoms with van der Waals surface area (Å²) in [7, 11) is -3.65. The zero-order valence-electron chi connectivity index (χ0n) is 21.5. The molecule has 3 aromatic carbocycles. The molecular weight excluding hydrogens is 520 g/mol. The molecule has 0 spiro atoms. The van der Waals surface area contributed by atoms with Crippen molar-refractivity contribution in [2.45, 2.75) is 44.4 Å². The molecule has 0 fully saturated rings. The Morgan fingerprint density at radius 3 is 2.34 bits per heavy atom. The molecule has 38 heavy (non-hydrogen) atoms. The van der Waals surface area contributed by atoms with Gasteiger partial charge in [-0.25, -0.2) is 8.42 Å². The summed E-state index contributed by atoms with van der Waals surface area (Å²) in [6.07, 6.45) is 0.564. The molecule has 10 heteroatoms. The van der Waals surface area contributed by atoms with Gasteiger partial charge in [0.2, 0.25) is 21.8 Å². The number of nitrogens with one attached hydrogen (secondary N) is 3. The second kappa shape index (κ2) is 11.2.